The van der Waals surface area contributed by atoms with Crippen LogP contribution in [-0.2, 0) is 22.6 Å². The number of carbonyl (C=O) groups excluding carboxylic acids is 2. The Morgan fingerprint density at radius 2 is 1.65 bits per heavy atom. The monoisotopic (exact) mass is 419 g/mol. The maximum Gasteiger partial charge on any atom is 0.240 e. The van der Waals surface area contributed by atoms with Gasteiger partial charge in [-0.05, 0) is 30.0 Å². The molecule has 0 saturated heterocycles. The summed E-state index contributed by atoms with van der Waals surface area (Å²) in [4.78, 5) is 33.6. The number of hydrogen-bond acceptors (Lipinski definition) is 5. The van der Waals surface area contributed by atoms with E-state index < -0.39 is 11.9 Å². The number of benzene rings is 2. The molecular formula is C24H29N5O2. The third-order valence-electron chi connectivity index (χ3n) is 5.17. The summed E-state index contributed by atoms with van der Waals surface area (Å²) in [5.41, 5.74) is 7.41. The Balaban J connectivity index is 1.76. The molecule has 4 N–H and O–H groups in total. The third-order valence-corrected chi connectivity index (χ3v) is 5.17. The van der Waals surface area contributed by atoms with Crippen molar-refractivity contribution in [2.45, 2.75) is 39.8 Å². The van der Waals surface area contributed by atoms with Crippen LogP contribution >= 0.6 is 0 Å². The number of nitrogens with two attached hydrogens (primary N) is 1. The van der Waals surface area contributed by atoms with Crippen LogP contribution in [-0.4, -0.2) is 27.8 Å². The molecular weight excluding hydrogens is 390 g/mol. The first-order chi connectivity index (χ1) is 14.8. The molecule has 2 aromatic carbocycles. The van der Waals surface area contributed by atoms with Gasteiger partial charge >= 0.3 is 0 Å². The summed E-state index contributed by atoms with van der Waals surface area (Å²) in [6.07, 6.45) is 0.659. The number of fused-ring (bicyclic) bond motifs is 1. The average Bonchev–Trinajstić information content (AvgIpc) is 2.75. The summed E-state index contributed by atoms with van der Waals surface area (Å²) in [5.74, 6) is 0.307. The molecule has 0 saturated carbocycles. The molecule has 1 heterocycles. The molecule has 0 fully saturated rings. The smallest absolute Gasteiger partial charge is 0.240 e. The van der Waals surface area contributed by atoms with Crippen LogP contribution in [0.15, 0.2) is 54.6 Å². The van der Waals surface area contributed by atoms with Crippen molar-refractivity contribution in [3.8, 4) is 0 Å². The predicted octanol–water partition coefficient (Wildman–Crippen LogP) is 3.05. The van der Waals surface area contributed by atoms with Gasteiger partial charge < -0.3 is 16.4 Å². The van der Waals surface area contributed by atoms with Gasteiger partial charge in [-0.2, -0.15) is 0 Å². The zero-order valence-corrected chi connectivity index (χ0v) is 18.1. The zero-order valence-electron chi connectivity index (χ0n) is 18.1. The minimum Gasteiger partial charge on any atom is -0.368 e. The average molecular weight is 420 g/mol. The van der Waals surface area contributed by atoms with E-state index in [1.165, 1.54) is 0 Å². The molecule has 0 radical (unpaired) electrons. The van der Waals surface area contributed by atoms with Gasteiger partial charge in [-0.25, -0.2) is 9.97 Å². The summed E-state index contributed by atoms with van der Waals surface area (Å²) < 4.78 is 0. The minimum atomic E-state index is -0.563. The number of carbonyl (C=O) groups is 2. The zero-order chi connectivity index (χ0) is 22.4. The Kier molecular flexibility index (Phi) is 7.18. The summed E-state index contributed by atoms with van der Waals surface area (Å²) >= 11 is 0. The van der Waals surface area contributed by atoms with Gasteiger partial charge in [0, 0.05) is 11.3 Å². The standard InChI is InChI=1S/C24H29N5O2/c1-15(2)21(22(25)30)29-23-18-11-7-8-12-19(18)27-20(28-23)14-26-24(31)16(3)13-17-9-5-4-6-10-17/h4-12,15-16,21H,13-14H2,1-3H3,(H2,25,30)(H,26,31)(H,27,28,29)/t16?,21-/m0/s1. The van der Waals surface area contributed by atoms with Crippen molar-refractivity contribution >= 4 is 28.5 Å². The summed E-state index contributed by atoms with van der Waals surface area (Å²) in [7, 11) is 0. The van der Waals surface area contributed by atoms with Crippen LogP contribution in [0.2, 0.25) is 0 Å². The number of nitrogens with zero attached hydrogens (tertiary/aromatic N) is 2. The Hall–Kier alpha value is -3.48. The Morgan fingerprint density at radius 3 is 2.32 bits per heavy atom. The van der Waals surface area contributed by atoms with E-state index in [1.807, 2.05) is 75.4 Å². The molecule has 0 aliphatic carbocycles. The Labute approximate surface area is 182 Å². The highest BCUT2D eigenvalue weighted by molar-refractivity contribution is 5.92. The molecule has 2 amide bonds. The molecule has 0 aliphatic rings. The molecule has 3 aromatic rings. The van der Waals surface area contributed by atoms with Crippen molar-refractivity contribution in [3.05, 3.63) is 66.0 Å². The molecule has 31 heavy (non-hydrogen) atoms. The molecule has 7 heteroatoms. The lowest BCUT2D eigenvalue weighted by Gasteiger charge is -2.21. The van der Waals surface area contributed by atoms with E-state index in [9.17, 15) is 9.59 Å². The quantitative estimate of drug-likeness (QED) is 0.494. The van der Waals surface area contributed by atoms with E-state index in [0.717, 1.165) is 16.5 Å². The number of primary amides is 1. The molecule has 1 unspecified atom stereocenters. The van der Waals surface area contributed by atoms with Crippen LogP contribution in [0.5, 0.6) is 0 Å². The van der Waals surface area contributed by atoms with E-state index >= 15 is 0 Å². The van der Waals surface area contributed by atoms with Crippen LogP contribution in [0.4, 0.5) is 5.82 Å². The van der Waals surface area contributed by atoms with Crippen molar-refractivity contribution < 1.29 is 9.59 Å². The van der Waals surface area contributed by atoms with Crippen molar-refractivity contribution in [3.63, 3.8) is 0 Å². The van der Waals surface area contributed by atoms with E-state index in [1.54, 1.807) is 0 Å². The SMILES string of the molecule is CC(Cc1ccccc1)C(=O)NCc1nc(N[C@H](C(N)=O)C(C)C)c2ccccc2n1. The van der Waals surface area contributed by atoms with Gasteiger partial charge in [0.05, 0.1) is 12.1 Å². The molecule has 162 valence electrons. The van der Waals surface area contributed by atoms with Crippen molar-refractivity contribution in [2.75, 3.05) is 5.32 Å². The fraction of sp³-hybridized carbons (Fsp3) is 0.333. The van der Waals surface area contributed by atoms with Crippen LogP contribution in [0.3, 0.4) is 0 Å². The van der Waals surface area contributed by atoms with Gasteiger partial charge in [0.2, 0.25) is 11.8 Å². The second kappa shape index (κ2) is 10.0. The van der Waals surface area contributed by atoms with Gasteiger partial charge in [-0.1, -0.05) is 63.2 Å². The van der Waals surface area contributed by atoms with E-state index in [2.05, 4.69) is 20.6 Å². The maximum absolute atomic E-state index is 12.6. The number of nitrogens with one attached hydrogen (secondary N) is 2. The summed E-state index contributed by atoms with van der Waals surface area (Å²) in [5, 5.41) is 6.89. The highest BCUT2D eigenvalue weighted by Crippen LogP contribution is 2.22. The largest absolute Gasteiger partial charge is 0.368 e. The predicted molar refractivity (Wildman–Crippen MR) is 122 cm³/mol. The first kappa shape index (κ1) is 22.2. The number of hydrogen-bond donors (Lipinski definition) is 3. The number of para-hydroxylation sites is 1. The van der Waals surface area contributed by atoms with Crippen LogP contribution in [0.25, 0.3) is 10.9 Å². The second-order valence-electron chi connectivity index (χ2n) is 8.08. The lowest BCUT2D eigenvalue weighted by Crippen LogP contribution is -2.40. The third kappa shape index (κ3) is 5.78. The van der Waals surface area contributed by atoms with E-state index in [4.69, 9.17) is 5.73 Å². The van der Waals surface area contributed by atoms with Gasteiger partial charge in [-0.3, -0.25) is 9.59 Å². The normalized spacial score (nSPS) is 13.0. The lowest BCUT2D eigenvalue weighted by molar-refractivity contribution is -0.124. The molecule has 0 bridgehead atoms. The van der Waals surface area contributed by atoms with Gasteiger partial charge in [-0.15, -0.1) is 0 Å². The second-order valence-corrected chi connectivity index (χ2v) is 8.08. The van der Waals surface area contributed by atoms with E-state index in [0.29, 0.717) is 18.1 Å². The van der Waals surface area contributed by atoms with Crippen molar-refractivity contribution in [1.29, 1.82) is 0 Å². The number of rotatable bonds is 9. The molecule has 0 aliphatic heterocycles. The Morgan fingerprint density at radius 1 is 0.968 bits per heavy atom. The number of aromatic nitrogens is 2. The molecule has 1 aromatic heterocycles. The van der Waals surface area contributed by atoms with Crippen LogP contribution in [0, 0.1) is 11.8 Å². The molecule has 7 nitrogen and oxygen atoms in total. The Bertz CT molecular complexity index is 1050. The van der Waals surface area contributed by atoms with Gasteiger partial charge in [0.25, 0.3) is 0 Å². The molecule has 2 atom stereocenters. The number of anilines is 1. The van der Waals surface area contributed by atoms with Crippen molar-refractivity contribution in [1.82, 2.24) is 15.3 Å². The minimum absolute atomic E-state index is 0.00628. The van der Waals surface area contributed by atoms with E-state index in [-0.39, 0.29) is 24.3 Å². The first-order valence-corrected chi connectivity index (χ1v) is 10.5. The van der Waals surface area contributed by atoms with Crippen LogP contribution < -0.4 is 16.4 Å². The fourth-order valence-corrected chi connectivity index (χ4v) is 3.43. The molecule has 3 rings (SSSR count). The van der Waals surface area contributed by atoms with Crippen molar-refractivity contribution in [2.24, 2.45) is 17.6 Å². The fourth-order valence-electron chi connectivity index (χ4n) is 3.43. The highest BCUT2D eigenvalue weighted by Gasteiger charge is 2.21. The first-order valence-electron chi connectivity index (χ1n) is 10.5. The molecule has 0 spiro atoms. The van der Waals surface area contributed by atoms with Gasteiger partial charge in [0.1, 0.15) is 11.9 Å². The summed E-state index contributed by atoms with van der Waals surface area (Å²) in [6, 6.07) is 16.9. The summed E-state index contributed by atoms with van der Waals surface area (Å²) in [6.45, 7) is 5.93. The van der Waals surface area contributed by atoms with Crippen LogP contribution in [0.1, 0.15) is 32.2 Å². The van der Waals surface area contributed by atoms with Gasteiger partial charge in [0.15, 0.2) is 5.82 Å². The maximum atomic E-state index is 12.6. The highest BCUT2D eigenvalue weighted by atomic mass is 16.2. The topological polar surface area (TPSA) is 110 Å². The number of amides is 2. The lowest BCUT2D eigenvalue weighted by atomic mass is 10.0.